The minimum absolute atomic E-state index is 0.195. The molecule has 1 rings (SSSR count). The smallest absolute Gasteiger partial charge is 0.410 e. The number of hydrogen-bond donors (Lipinski definition) is 0. The summed E-state index contributed by atoms with van der Waals surface area (Å²) in [6.07, 6.45) is 2.64. The van der Waals surface area contributed by atoms with Crippen molar-refractivity contribution in [3.05, 3.63) is 12.7 Å². The van der Waals surface area contributed by atoms with Gasteiger partial charge in [0.05, 0.1) is 5.41 Å². The Morgan fingerprint density at radius 1 is 1.40 bits per heavy atom. The Hall–Kier alpha value is -1.52. The van der Waals surface area contributed by atoms with Gasteiger partial charge in [-0.15, -0.1) is 0 Å². The summed E-state index contributed by atoms with van der Waals surface area (Å²) in [5.41, 5.74) is -1.20. The molecule has 0 spiro atoms. The Kier molecular flexibility index (Phi) is 5.20. The molecule has 1 saturated heterocycles. The van der Waals surface area contributed by atoms with Crippen LogP contribution >= 0.6 is 0 Å². The first-order chi connectivity index (χ1) is 9.18. The SMILES string of the molecule is C=CCOC(=O)C1(C)CCCN(C(=O)OC(C)(C)C)C1. The van der Waals surface area contributed by atoms with Gasteiger partial charge in [0.15, 0.2) is 0 Å². The molecule has 20 heavy (non-hydrogen) atoms. The highest BCUT2D eigenvalue weighted by molar-refractivity contribution is 5.78. The van der Waals surface area contributed by atoms with Gasteiger partial charge >= 0.3 is 12.1 Å². The lowest BCUT2D eigenvalue weighted by molar-refractivity contribution is -0.156. The van der Waals surface area contributed by atoms with E-state index in [1.54, 1.807) is 4.90 Å². The van der Waals surface area contributed by atoms with Crippen LogP contribution in [0.5, 0.6) is 0 Å². The van der Waals surface area contributed by atoms with E-state index >= 15 is 0 Å². The first kappa shape index (κ1) is 16.5. The quantitative estimate of drug-likeness (QED) is 0.590. The standard InChI is InChI=1S/C15H25NO4/c1-6-10-19-12(17)15(5)8-7-9-16(11-15)13(18)20-14(2,3)4/h6H,1,7-11H2,2-5H3. The first-order valence-electron chi connectivity index (χ1n) is 6.94. The van der Waals surface area contributed by atoms with Crippen molar-refractivity contribution >= 4 is 12.1 Å². The lowest BCUT2D eigenvalue weighted by Gasteiger charge is -2.38. The van der Waals surface area contributed by atoms with Crippen molar-refractivity contribution in [3.8, 4) is 0 Å². The zero-order valence-corrected chi connectivity index (χ0v) is 12.9. The molecule has 1 amide bonds. The Labute approximate surface area is 120 Å². The number of carbonyl (C=O) groups is 2. The fourth-order valence-electron chi connectivity index (χ4n) is 2.20. The third-order valence-corrected chi connectivity index (χ3v) is 3.17. The largest absolute Gasteiger partial charge is 0.461 e. The molecule has 1 heterocycles. The van der Waals surface area contributed by atoms with Crippen molar-refractivity contribution in [1.29, 1.82) is 0 Å². The Morgan fingerprint density at radius 3 is 2.60 bits per heavy atom. The molecule has 1 aliphatic rings. The average molecular weight is 283 g/mol. The van der Waals surface area contributed by atoms with Gasteiger partial charge in [-0.3, -0.25) is 4.79 Å². The number of ether oxygens (including phenoxy) is 2. The number of carbonyl (C=O) groups excluding carboxylic acids is 2. The van der Waals surface area contributed by atoms with Gasteiger partial charge in [-0.1, -0.05) is 12.7 Å². The van der Waals surface area contributed by atoms with Crippen molar-refractivity contribution in [3.63, 3.8) is 0 Å². The molecule has 0 aromatic heterocycles. The summed E-state index contributed by atoms with van der Waals surface area (Å²) in [5.74, 6) is -0.286. The fourth-order valence-corrected chi connectivity index (χ4v) is 2.20. The minimum atomic E-state index is -0.668. The van der Waals surface area contributed by atoms with E-state index in [0.29, 0.717) is 19.5 Å². The van der Waals surface area contributed by atoms with Gasteiger partial charge in [-0.05, 0) is 40.5 Å². The molecular weight excluding hydrogens is 258 g/mol. The van der Waals surface area contributed by atoms with Crippen molar-refractivity contribution < 1.29 is 19.1 Å². The van der Waals surface area contributed by atoms with Crippen LogP contribution in [0.3, 0.4) is 0 Å². The van der Waals surface area contributed by atoms with Gasteiger partial charge in [-0.2, -0.15) is 0 Å². The third-order valence-electron chi connectivity index (χ3n) is 3.17. The molecule has 1 fully saturated rings. The molecule has 5 heteroatoms. The Balaban J connectivity index is 2.67. The molecule has 1 atom stereocenters. The van der Waals surface area contributed by atoms with E-state index in [2.05, 4.69) is 6.58 Å². The van der Waals surface area contributed by atoms with Crippen LogP contribution in [0, 0.1) is 5.41 Å². The maximum atomic E-state index is 12.1. The van der Waals surface area contributed by atoms with Gasteiger partial charge in [-0.25, -0.2) is 4.79 Å². The molecule has 0 radical (unpaired) electrons. The Morgan fingerprint density at radius 2 is 2.05 bits per heavy atom. The number of piperidine rings is 1. The van der Waals surface area contributed by atoms with Crippen molar-refractivity contribution in [2.75, 3.05) is 19.7 Å². The highest BCUT2D eigenvalue weighted by atomic mass is 16.6. The maximum Gasteiger partial charge on any atom is 0.410 e. The van der Waals surface area contributed by atoms with Crippen LogP contribution in [0.25, 0.3) is 0 Å². The van der Waals surface area contributed by atoms with Gasteiger partial charge in [0.2, 0.25) is 0 Å². The molecule has 0 bridgehead atoms. The lowest BCUT2D eigenvalue weighted by Crippen LogP contribution is -2.50. The van der Waals surface area contributed by atoms with Crippen molar-refractivity contribution in [1.82, 2.24) is 4.90 Å². The summed E-state index contributed by atoms with van der Waals surface area (Å²) < 4.78 is 10.5. The van der Waals surface area contributed by atoms with Gasteiger partial charge in [0.1, 0.15) is 12.2 Å². The molecule has 0 saturated carbocycles. The van der Waals surface area contributed by atoms with Crippen molar-refractivity contribution in [2.45, 2.75) is 46.1 Å². The monoisotopic (exact) mass is 283 g/mol. The van der Waals surface area contributed by atoms with E-state index in [-0.39, 0.29) is 18.7 Å². The van der Waals surface area contributed by atoms with Crippen LogP contribution in [0.1, 0.15) is 40.5 Å². The maximum absolute atomic E-state index is 12.1. The minimum Gasteiger partial charge on any atom is -0.461 e. The zero-order chi connectivity index (χ0) is 15.4. The van der Waals surface area contributed by atoms with E-state index < -0.39 is 11.0 Å². The highest BCUT2D eigenvalue weighted by Crippen LogP contribution is 2.31. The second-order valence-electron chi connectivity index (χ2n) is 6.45. The topological polar surface area (TPSA) is 55.8 Å². The number of hydrogen-bond acceptors (Lipinski definition) is 4. The van der Waals surface area contributed by atoms with Crippen LogP contribution in [-0.4, -0.2) is 42.3 Å². The summed E-state index contributed by atoms with van der Waals surface area (Å²) in [6, 6.07) is 0. The van der Waals surface area contributed by atoms with E-state index in [0.717, 1.165) is 6.42 Å². The summed E-state index contributed by atoms with van der Waals surface area (Å²) in [6.45, 7) is 12.0. The van der Waals surface area contributed by atoms with Crippen LogP contribution in [0.2, 0.25) is 0 Å². The molecule has 0 aliphatic carbocycles. The molecule has 0 aromatic rings. The normalized spacial score (nSPS) is 23.1. The van der Waals surface area contributed by atoms with E-state index in [4.69, 9.17) is 9.47 Å². The number of likely N-dealkylation sites (tertiary alicyclic amines) is 1. The number of rotatable bonds is 3. The second-order valence-corrected chi connectivity index (χ2v) is 6.45. The lowest BCUT2D eigenvalue weighted by atomic mass is 9.82. The molecule has 114 valence electrons. The summed E-state index contributed by atoms with van der Waals surface area (Å²) in [5, 5.41) is 0. The first-order valence-corrected chi connectivity index (χ1v) is 6.94. The molecule has 1 aliphatic heterocycles. The van der Waals surface area contributed by atoms with Gasteiger partial charge in [0.25, 0.3) is 0 Å². The predicted octanol–water partition coefficient (Wildman–Crippen LogP) is 2.75. The highest BCUT2D eigenvalue weighted by Gasteiger charge is 2.41. The van der Waals surface area contributed by atoms with E-state index in [1.807, 2.05) is 27.7 Å². The molecule has 0 N–H and O–H groups in total. The van der Waals surface area contributed by atoms with Crippen LogP contribution in [-0.2, 0) is 14.3 Å². The van der Waals surface area contributed by atoms with Gasteiger partial charge < -0.3 is 14.4 Å². The predicted molar refractivity (Wildman–Crippen MR) is 76.3 cm³/mol. The third kappa shape index (κ3) is 4.54. The van der Waals surface area contributed by atoms with Crippen LogP contribution in [0.4, 0.5) is 4.79 Å². The van der Waals surface area contributed by atoms with E-state index in [9.17, 15) is 9.59 Å². The van der Waals surface area contributed by atoms with Crippen molar-refractivity contribution in [2.24, 2.45) is 5.41 Å². The summed E-state index contributed by atoms with van der Waals surface area (Å²) in [7, 11) is 0. The number of amides is 1. The van der Waals surface area contributed by atoms with Crippen LogP contribution < -0.4 is 0 Å². The summed E-state index contributed by atoms with van der Waals surface area (Å²) in [4.78, 5) is 25.7. The second kappa shape index (κ2) is 6.29. The van der Waals surface area contributed by atoms with Crippen LogP contribution in [0.15, 0.2) is 12.7 Å². The Bertz CT molecular complexity index is 386. The zero-order valence-electron chi connectivity index (χ0n) is 12.9. The molecule has 0 aromatic carbocycles. The molecule has 5 nitrogen and oxygen atoms in total. The fraction of sp³-hybridized carbons (Fsp3) is 0.733. The molecule has 1 unspecified atom stereocenters. The van der Waals surface area contributed by atoms with E-state index in [1.165, 1.54) is 6.08 Å². The number of esters is 1. The average Bonchev–Trinajstić information content (AvgIpc) is 2.33. The molecular formula is C15H25NO4. The summed E-state index contributed by atoms with van der Waals surface area (Å²) >= 11 is 0. The van der Waals surface area contributed by atoms with Gasteiger partial charge in [0, 0.05) is 13.1 Å². The number of nitrogens with zero attached hydrogens (tertiary/aromatic N) is 1.